The van der Waals surface area contributed by atoms with E-state index < -0.39 is 0 Å². The number of nitrogens with zero attached hydrogens (tertiary/aromatic N) is 2. The molecule has 42 heavy (non-hydrogen) atoms. The average molecular weight is 602 g/mol. The van der Waals surface area contributed by atoms with Crippen molar-refractivity contribution in [2.24, 2.45) is 7.05 Å². The van der Waals surface area contributed by atoms with Crippen LogP contribution in [0.5, 0.6) is 11.5 Å². The molecule has 0 radical (unpaired) electrons. The Bertz CT molecular complexity index is 1690. The van der Waals surface area contributed by atoms with Gasteiger partial charge in [-0.1, -0.05) is 65.4 Å². The third-order valence-corrected chi connectivity index (χ3v) is 8.84. The van der Waals surface area contributed by atoms with Crippen molar-refractivity contribution in [2.75, 3.05) is 0 Å². The van der Waals surface area contributed by atoms with Gasteiger partial charge >= 0.3 is 0 Å². The van der Waals surface area contributed by atoms with Crippen molar-refractivity contribution in [1.29, 1.82) is 0 Å². The number of fused-ring (bicyclic) bond motifs is 1. The zero-order valence-electron chi connectivity index (χ0n) is 24.9. The SMILES string of the molecule is Cn1c(COc2ccc(/C=C3/SC(=O)NC3=O)cc2)nc2ccc(Sc3cc(C(C)(C)C)c(O)c(C(C)(C)C)c3)cc21. The lowest BCUT2D eigenvalue weighted by atomic mass is 9.79. The standard InChI is InChI=1S/C33H35N3O4S2/c1-32(2,3)23-15-22(16-24(29(23)37)33(4,5)6)41-21-12-13-25-26(17-21)36(7)28(34-25)18-40-20-10-8-19(9-11-20)14-27-30(38)35-31(39)42-27/h8-17,37H,18H2,1-7H3,(H,35,38,39)/b27-14+. The molecule has 0 unspecified atom stereocenters. The van der Waals surface area contributed by atoms with E-state index in [1.54, 1.807) is 17.8 Å². The number of nitrogens with one attached hydrogen (secondary N) is 1. The Labute approximate surface area is 254 Å². The minimum absolute atomic E-state index is 0.189. The van der Waals surface area contributed by atoms with Crippen molar-refractivity contribution < 1.29 is 19.4 Å². The Balaban J connectivity index is 1.33. The van der Waals surface area contributed by atoms with Gasteiger partial charge in [-0.3, -0.25) is 14.9 Å². The van der Waals surface area contributed by atoms with Gasteiger partial charge in [-0.05, 0) is 76.7 Å². The van der Waals surface area contributed by atoms with Gasteiger partial charge in [0, 0.05) is 28.0 Å². The van der Waals surface area contributed by atoms with E-state index in [4.69, 9.17) is 9.72 Å². The molecule has 0 spiro atoms. The molecular formula is C33H35N3O4S2. The minimum atomic E-state index is -0.374. The molecule has 2 heterocycles. The van der Waals surface area contributed by atoms with E-state index in [1.165, 1.54) is 0 Å². The maximum atomic E-state index is 11.8. The second-order valence-electron chi connectivity index (χ2n) is 12.4. The molecule has 9 heteroatoms. The summed E-state index contributed by atoms with van der Waals surface area (Å²) in [7, 11) is 1.99. The van der Waals surface area contributed by atoms with E-state index in [-0.39, 0.29) is 22.0 Å². The van der Waals surface area contributed by atoms with E-state index in [9.17, 15) is 14.7 Å². The topological polar surface area (TPSA) is 93.5 Å². The van der Waals surface area contributed by atoms with Gasteiger partial charge < -0.3 is 14.4 Å². The lowest BCUT2D eigenvalue weighted by molar-refractivity contribution is -0.115. The van der Waals surface area contributed by atoms with Crippen LogP contribution in [0.4, 0.5) is 4.79 Å². The minimum Gasteiger partial charge on any atom is -0.507 e. The molecule has 0 bridgehead atoms. The molecule has 1 saturated heterocycles. The lowest BCUT2D eigenvalue weighted by Crippen LogP contribution is -2.17. The van der Waals surface area contributed by atoms with E-state index in [2.05, 4.69) is 71.1 Å². The number of imidazole rings is 1. The van der Waals surface area contributed by atoms with Gasteiger partial charge in [0.05, 0.1) is 15.9 Å². The summed E-state index contributed by atoms with van der Waals surface area (Å²) in [6, 6.07) is 17.8. The second kappa shape index (κ2) is 11.2. The van der Waals surface area contributed by atoms with E-state index in [0.29, 0.717) is 23.0 Å². The molecule has 0 atom stereocenters. The number of benzene rings is 3. The lowest BCUT2D eigenvalue weighted by Gasteiger charge is -2.28. The van der Waals surface area contributed by atoms with Crippen molar-refractivity contribution in [3.63, 3.8) is 0 Å². The fraction of sp³-hybridized carbons (Fsp3) is 0.303. The van der Waals surface area contributed by atoms with Crippen LogP contribution in [0.25, 0.3) is 17.1 Å². The third-order valence-electron chi connectivity index (χ3n) is 7.07. The van der Waals surface area contributed by atoms with Gasteiger partial charge in [0.25, 0.3) is 11.1 Å². The van der Waals surface area contributed by atoms with Crippen molar-refractivity contribution in [2.45, 2.75) is 68.8 Å². The normalized spacial score (nSPS) is 15.1. The fourth-order valence-electron chi connectivity index (χ4n) is 4.74. The number of amides is 2. The molecule has 5 rings (SSSR count). The van der Waals surface area contributed by atoms with Gasteiger partial charge in [0.1, 0.15) is 23.9 Å². The predicted molar refractivity (Wildman–Crippen MR) is 170 cm³/mol. The Hall–Kier alpha value is -3.69. The number of rotatable bonds is 6. The van der Waals surface area contributed by atoms with Crippen LogP contribution in [0.2, 0.25) is 0 Å². The number of aromatic nitrogens is 2. The molecule has 218 valence electrons. The summed E-state index contributed by atoms with van der Waals surface area (Å²) in [5.74, 6) is 1.48. The molecule has 4 aromatic rings. The summed E-state index contributed by atoms with van der Waals surface area (Å²) >= 11 is 2.58. The molecule has 0 saturated carbocycles. The van der Waals surface area contributed by atoms with Crippen LogP contribution in [-0.4, -0.2) is 25.8 Å². The Morgan fingerprint density at radius 3 is 2.17 bits per heavy atom. The number of aromatic hydroxyl groups is 1. The van der Waals surface area contributed by atoms with E-state index in [1.807, 2.05) is 41.9 Å². The summed E-state index contributed by atoms with van der Waals surface area (Å²) in [6.45, 7) is 13.0. The van der Waals surface area contributed by atoms with E-state index >= 15 is 0 Å². The summed E-state index contributed by atoms with van der Waals surface area (Å²) < 4.78 is 8.07. The highest BCUT2D eigenvalue weighted by molar-refractivity contribution is 8.18. The zero-order valence-corrected chi connectivity index (χ0v) is 26.5. The monoisotopic (exact) mass is 601 g/mol. The molecular weight excluding hydrogens is 567 g/mol. The first-order chi connectivity index (χ1) is 19.7. The predicted octanol–water partition coefficient (Wildman–Crippen LogP) is 7.93. The number of aryl methyl sites for hydroxylation is 1. The number of carbonyl (C=O) groups is 2. The molecule has 1 aliphatic rings. The van der Waals surface area contributed by atoms with Crippen molar-refractivity contribution in [3.8, 4) is 11.5 Å². The van der Waals surface area contributed by atoms with Crippen molar-refractivity contribution in [3.05, 3.63) is 82.0 Å². The number of hydrogen-bond acceptors (Lipinski definition) is 7. The summed E-state index contributed by atoms with van der Waals surface area (Å²) in [4.78, 5) is 30.5. The number of carbonyl (C=O) groups excluding carboxylic acids is 2. The molecule has 7 nitrogen and oxygen atoms in total. The van der Waals surface area contributed by atoms with Gasteiger partial charge in [-0.2, -0.15) is 0 Å². The Morgan fingerprint density at radius 1 is 0.952 bits per heavy atom. The molecule has 1 aromatic heterocycles. The molecule has 1 aliphatic heterocycles. The number of hydrogen-bond donors (Lipinski definition) is 2. The van der Waals surface area contributed by atoms with E-state index in [0.717, 1.165) is 55.1 Å². The number of phenolic OH excluding ortho intramolecular Hbond substituents is 1. The van der Waals surface area contributed by atoms with Crippen molar-refractivity contribution >= 4 is 51.8 Å². The fourth-order valence-corrected chi connectivity index (χ4v) is 6.35. The van der Waals surface area contributed by atoms with Crippen molar-refractivity contribution in [1.82, 2.24) is 14.9 Å². The molecule has 2 amide bonds. The number of ether oxygens (including phenoxy) is 1. The van der Waals surface area contributed by atoms with Crippen LogP contribution in [0.1, 0.15) is 64.1 Å². The zero-order chi connectivity index (χ0) is 30.4. The van der Waals surface area contributed by atoms with Crippen LogP contribution in [0, 0.1) is 0 Å². The first-order valence-corrected chi connectivity index (χ1v) is 15.3. The number of phenols is 1. The first-order valence-electron chi connectivity index (χ1n) is 13.7. The van der Waals surface area contributed by atoms with Crippen LogP contribution < -0.4 is 10.1 Å². The number of imide groups is 1. The van der Waals surface area contributed by atoms with Gasteiger partial charge in [-0.25, -0.2) is 4.98 Å². The summed E-state index contributed by atoms with van der Waals surface area (Å²) in [5.41, 5.74) is 4.22. The maximum Gasteiger partial charge on any atom is 0.290 e. The van der Waals surface area contributed by atoms with Crippen LogP contribution in [-0.2, 0) is 29.3 Å². The van der Waals surface area contributed by atoms with Crippen LogP contribution in [0.15, 0.2) is 69.3 Å². The third kappa shape index (κ3) is 6.37. The second-order valence-corrected chi connectivity index (χ2v) is 14.6. The smallest absolute Gasteiger partial charge is 0.290 e. The molecule has 0 aliphatic carbocycles. The van der Waals surface area contributed by atoms with Gasteiger partial charge in [-0.15, -0.1) is 0 Å². The van der Waals surface area contributed by atoms with Crippen LogP contribution >= 0.6 is 23.5 Å². The average Bonchev–Trinajstić information content (AvgIpc) is 3.39. The highest BCUT2D eigenvalue weighted by Gasteiger charge is 2.27. The largest absolute Gasteiger partial charge is 0.507 e. The summed E-state index contributed by atoms with van der Waals surface area (Å²) in [6.07, 6.45) is 1.68. The quantitative estimate of drug-likeness (QED) is 0.217. The number of thioether (sulfide) groups is 1. The van der Waals surface area contributed by atoms with Gasteiger partial charge in [0.2, 0.25) is 0 Å². The molecule has 3 aromatic carbocycles. The van der Waals surface area contributed by atoms with Crippen LogP contribution in [0.3, 0.4) is 0 Å². The highest BCUT2D eigenvalue weighted by atomic mass is 32.2. The maximum absolute atomic E-state index is 11.8. The summed E-state index contributed by atoms with van der Waals surface area (Å²) in [5, 5.41) is 13.0. The highest BCUT2D eigenvalue weighted by Crippen LogP contribution is 2.43. The van der Waals surface area contributed by atoms with Gasteiger partial charge in [0.15, 0.2) is 0 Å². The molecule has 1 fully saturated rings. The Morgan fingerprint density at radius 2 is 1.60 bits per heavy atom. The Kier molecular flexibility index (Phi) is 7.94. The first kappa shape index (κ1) is 29.8. The molecule has 2 N–H and O–H groups in total.